The van der Waals surface area contributed by atoms with Gasteiger partial charge in [0.15, 0.2) is 0 Å². The first-order valence-corrected chi connectivity index (χ1v) is 7.68. The molecule has 6 nitrogen and oxygen atoms in total. The number of ether oxygens (including phenoxy) is 1. The molecule has 3 N–H and O–H groups in total. The van der Waals surface area contributed by atoms with Gasteiger partial charge >= 0.3 is 6.16 Å². The minimum atomic E-state index is -1.83. The van der Waals surface area contributed by atoms with E-state index in [1.165, 1.54) is 12.8 Å². The van der Waals surface area contributed by atoms with Crippen molar-refractivity contribution in [3.8, 4) is 5.75 Å². The summed E-state index contributed by atoms with van der Waals surface area (Å²) in [6.45, 7) is 4.07. The standard InChI is InChI=1S/C16H23NO2.CH2O3/c1-11-8-14(19-3)9-12(2)15(11)10-16(18)17-13-6-4-5-7-13;2-1(3)4/h8-9,13H,4-7,10H2,1-3H3,(H,17,18);(H2,2,3,4). The fourth-order valence-corrected chi connectivity index (χ4v) is 2.86. The maximum Gasteiger partial charge on any atom is 0.503 e. The van der Waals surface area contributed by atoms with E-state index in [0.29, 0.717) is 12.5 Å². The van der Waals surface area contributed by atoms with Crippen LogP contribution in [-0.4, -0.2) is 35.4 Å². The summed E-state index contributed by atoms with van der Waals surface area (Å²) in [5.74, 6) is 0.998. The first kappa shape index (κ1) is 18.8. The summed E-state index contributed by atoms with van der Waals surface area (Å²) >= 11 is 0. The quantitative estimate of drug-likeness (QED) is 0.791. The maximum absolute atomic E-state index is 12.1. The van der Waals surface area contributed by atoms with Gasteiger partial charge in [-0.25, -0.2) is 4.79 Å². The highest BCUT2D eigenvalue weighted by molar-refractivity contribution is 5.79. The molecule has 0 heterocycles. The molecule has 0 radical (unpaired) electrons. The Labute approximate surface area is 136 Å². The average Bonchev–Trinajstić information content (AvgIpc) is 2.94. The number of benzene rings is 1. The minimum absolute atomic E-state index is 0.142. The molecular formula is C17H25NO5. The molecule has 1 fully saturated rings. The van der Waals surface area contributed by atoms with Crippen molar-refractivity contribution < 1.29 is 24.5 Å². The molecule has 0 aromatic heterocycles. The highest BCUT2D eigenvalue weighted by atomic mass is 16.6. The molecule has 1 aromatic rings. The lowest BCUT2D eigenvalue weighted by Gasteiger charge is -2.15. The van der Waals surface area contributed by atoms with E-state index in [2.05, 4.69) is 5.32 Å². The van der Waals surface area contributed by atoms with Crippen molar-refractivity contribution in [2.24, 2.45) is 0 Å². The summed E-state index contributed by atoms with van der Waals surface area (Å²) < 4.78 is 5.24. The summed E-state index contributed by atoms with van der Waals surface area (Å²) in [5, 5.41) is 17.1. The number of rotatable bonds is 4. The Balaban J connectivity index is 0.000000593. The molecule has 6 heteroatoms. The summed E-state index contributed by atoms with van der Waals surface area (Å²) in [6.07, 6.45) is 3.38. The number of aryl methyl sites for hydroxylation is 2. The molecule has 0 unspecified atom stereocenters. The van der Waals surface area contributed by atoms with E-state index in [-0.39, 0.29) is 5.91 Å². The Hall–Kier alpha value is -2.24. The van der Waals surface area contributed by atoms with Gasteiger partial charge in [-0.2, -0.15) is 0 Å². The molecule has 0 saturated heterocycles. The second kappa shape index (κ2) is 9.02. The summed E-state index contributed by atoms with van der Waals surface area (Å²) in [6, 6.07) is 4.38. The largest absolute Gasteiger partial charge is 0.503 e. The van der Waals surface area contributed by atoms with Gasteiger partial charge in [0.25, 0.3) is 0 Å². The van der Waals surface area contributed by atoms with Gasteiger partial charge in [0.2, 0.25) is 5.91 Å². The van der Waals surface area contributed by atoms with Crippen molar-refractivity contribution in [3.05, 3.63) is 28.8 Å². The van der Waals surface area contributed by atoms with Crippen molar-refractivity contribution in [1.82, 2.24) is 5.32 Å². The number of carbonyl (C=O) groups excluding carboxylic acids is 1. The van der Waals surface area contributed by atoms with Gasteiger partial charge in [-0.3, -0.25) is 4.79 Å². The van der Waals surface area contributed by atoms with E-state index in [4.69, 9.17) is 19.7 Å². The van der Waals surface area contributed by atoms with Crippen LogP contribution in [0.1, 0.15) is 42.4 Å². The predicted molar refractivity (Wildman–Crippen MR) is 87.2 cm³/mol. The second-order valence-electron chi connectivity index (χ2n) is 5.75. The first-order valence-electron chi connectivity index (χ1n) is 7.68. The van der Waals surface area contributed by atoms with Crippen LogP contribution in [0.5, 0.6) is 5.75 Å². The van der Waals surface area contributed by atoms with E-state index in [1.54, 1.807) is 7.11 Å². The minimum Gasteiger partial charge on any atom is -0.497 e. The zero-order valence-electron chi connectivity index (χ0n) is 13.9. The molecule has 128 valence electrons. The zero-order valence-corrected chi connectivity index (χ0v) is 13.9. The molecule has 1 aliphatic carbocycles. The maximum atomic E-state index is 12.1. The summed E-state index contributed by atoms with van der Waals surface area (Å²) in [5.41, 5.74) is 3.37. The number of hydrogen-bond acceptors (Lipinski definition) is 3. The van der Waals surface area contributed by atoms with E-state index in [9.17, 15) is 4.79 Å². The predicted octanol–water partition coefficient (Wildman–Crippen LogP) is 3.14. The van der Waals surface area contributed by atoms with Crippen molar-refractivity contribution in [1.29, 1.82) is 0 Å². The van der Waals surface area contributed by atoms with Gasteiger partial charge in [-0.1, -0.05) is 12.8 Å². The lowest BCUT2D eigenvalue weighted by Crippen LogP contribution is -2.34. The highest BCUT2D eigenvalue weighted by Crippen LogP contribution is 2.23. The second-order valence-corrected chi connectivity index (χ2v) is 5.75. The number of carbonyl (C=O) groups is 2. The van der Waals surface area contributed by atoms with Crippen LogP contribution < -0.4 is 10.1 Å². The van der Waals surface area contributed by atoms with Gasteiger partial charge < -0.3 is 20.3 Å². The van der Waals surface area contributed by atoms with Gasteiger partial charge in [-0.05, 0) is 55.5 Å². The number of amides is 1. The number of methoxy groups -OCH3 is 1. The lowest BCUT2D eigenvalue weighted by molar-refractivity contribution is -0.121. The SMILES string of the molecule is COc1cc(C)c(CC(=O)NC2CCCC2)c(C)c1.O=C(O)O. The van der Waals surface area contributed by atoms with Crippen molar-refractivity contribution in [2.45, 2.75) is 52.0 Å². The van der Waals surface area contributed by atoms with E-state index >= 15 is 0 Å². The van der Waals surface area contributed by atoms with Crippen LogP contribution in [0.2, 0.25) is 0 Å². The Kier molecular flexibility index (Phi) is 7.38. The molecule has 2 rings (SSSR count). The third-order valence-corrected chi connectivity index (χ3v) is 3.96. The number of nitrogens with one attached hydrogen (secondary N) is 1. The normalized spacial score (nSPS) is 13.9. The molecule has 1 aliphatic rings. The molecule has 1 saturated carbocycles. The van der Waals surface area contributed by atoms with Crippen LogP contribution in [-0.2, 0) is 11.2 Å². The van der Waals surface area contributed by atoms with Gasteiger partial charge in [0, 0.05) is 6.04 Å². The molecule has 0 aliphatic heterocycles. The van der Waals surface area contributed by atoms with E-state index in [1.807, 2.05) is 26.0 Å². The van der Waals surface area contributed by atoms with Crippen molar-refractivity contribution in [2.75, 3.05) is 7.11 Å². The molecule has 0 spiro atoms. The van der Waals surface area contributed by atoms with Crippen molar-refractivity contribution in [3.63, 3.8) is 0 Å². The first-order chi connectivity index (χ1) is 10.8. The average molecular weight is 323 g/mol. The van der Waals surface area contributed by atoms with E-state index < -0.39 is 6.16 Å². The van der Waals surface area contributed by atoms with Crippen LogP contribution in [0, 0.1) is 13.8 Å². The van der Waals surface area contributed by atoms with Gasteiger partial charge in [0.05, 0.1) is 13.5 Å². The number of carboxylic acid groups (broad SMARTS) is 2. The van der Waals surface area contributed by atoms with E-state index in [0.717, 1.165) is 35.3 Å². The van der Waals surface area contributed by atoms with Crippen molar-refractivity contribution >= 4 is 12.1 Å². The lowest BCUT2D eigenvalue weighted by atomic mass is 9.99. The summed E-state index contributed by atoms with van der Waals surface area (Å²) in [4.78, 5) is 20.6. The highest BCUT2D eigenvalue weighted by Gasteiger charge is 2.18. The molecule has 1 amide bonds. The van der Waals surface area contributed by atoms with Crippen LogP contribution in [0.15, 0.2) is 12.1 Å². The third kappa shape index (κ3) is 6.59. The Bertz CT molecular complexity index is 523. The Morgan fingerprint density at radius 3 is 2.09 bits per heavy atom. The van der Waals surface area contributed by atoms with Gasteiger partial charge in [0.1, 0.15) is 5.75 Å². The number of hydrogen-bond donors (Lipinski definition) is 3. The molecular weight excluding hydrogens is 298 g/mol. The smallest absolute Gasteiger partial charge is 0.497 e. The fourth-order valence-electron chi connectivity index (χ4n) is 2.86. The fraction of sp³-hybridized carbons (Fsp3) is 0.529. The van der Waals surface area contributed by atoms with Crippen LogP contribution in [0.25, 0.3) is 0 Å². The molecule has 0 bridgehead atoms. The summed E-state index contributed by atoms with van der Waals surface area (Å²) in [7, 11) is 1.67. The van der Waals surface area contributed by atoms with Crippen LogP contribution in [0.3, 0.4) is 0 Å². The molecule has 1 aromatic carbocycles. The van der Waals surface area contributed by atoms with Crippen LogP contribution >= 0.6 is 0 Å². The third-order valence-electron chi connectivity index (χ3n) is 3.96. The van der Waals surface area contributed by atoms with Crippen LogP contribution in [0.4, 0.5) is 4.79 Å². The van der Waals surface area contributed by atoms with Gasteiger partial charge in [-0.15, -0.1) is 0 Å². The zero-order chi connectivity index (χ0) is 17.4. The Morgan fingerprint density at radius 2 is 1.65 bits per heavy atom. The Morgan fingerprint density at radius 1 is 1.17 bits per heavy atom. The molecule has 23 heavy (non-hydrogen) atoms. The topological polar surface area (TPSA) is 95.9 Å². The monoisotopic (exact) mass is 323 g/mol. The molecule has 0 atom stereocenters.